The van der Waals surface area contributed by atoms with Gasteiger partial charge < -0.3 is 9.26 Å². The van der Waals surface area contributed by atoms with Crippen LogP contribution in [-0.2, 0) is 6.42 Å². The van der Waals surface area contributed by atoms with E-state index in [2.05, 4.69) is 27.3 Å². The first-order valence-corrected chi connectivity index (χ1v) is 10.7. The lowest BCUT2D eigenvalue weighted by atomic mass is 10.2. The van der Waals surface area contributed by atoms with Crippen molar-refractivity contribution in [2.45, 2.75) is 37.1 Å². The Labute approximate surface area is 179 Å². The van der Waals surface area contributed by atoms with Crippen LogP contribution in [0.1, 0.15) is 37.2 Å². The SMILES string of the molecule is CCCc1noc(C(C)Sc2nnc(-c3cccc(OC)c3)n2-c2ccccc2)n1. The van der Waals surface area contributed by atoms with Crippen molar-refractivity contribution in [2.75, 3.05) is 7.11 Å². The van der Waals surface area contributed by atoms with E-state index in [1.54, 1.807) is 7.11 Å². The molecule has 1 atom stereocenters. The van der Waals surface area contributed by atoms with Gasteiger partial charge in [0.05, 0.1) is 12.4 Å². The van der Waals surface area contributed by atoms with Crippen LogP contribution in [0.5, 0.6) is 5.75 Å². The van der Waals surface area contributed by atoms with E-state index in [9.17, 15) is 0 Å². The van der Waals surface area contributed by atoms with Crippen LogP contribution in [0.2, 0.25) is 0 Å². The van der Waals surface area contributed by atoms with Gasteiger partial charge in [0.1, 0.15) is 5.75 Å². The molecule has 0 saturated heterocycles. The van der Waals surface area contributed by atoms with Crippen molar-refractivity contribution in [1.82, 2.24) is 24.9 Å². The zero-order valence-electron chi connectivity index (χ0n) is 17.1. The molecule has 2 aromatic heterocycles. The number of thioether (sulfide) groups is 1. The highest BCUT2D eigenvalue weighted by Gasteiger charge is 2.22. The van der Waals surface area contributed by atoms with Crippen molar-refractivity contribution >= 4 is 11.8 Å². The molecule has 4 aromatic rings. The second kappa shape index (κ2) is 9.13. The van der Waals surface area contributed by atoms with Crippen LogP contribution >= 0.6 is 11.8 Å². The van der Waals surface area contributed by atoms with Gasteiger partial charge in [-0.05, 0) is 37.6 Å². The Balaban J connectivity index is 1.71. The first-order chi connectivity index (χ1) is 14.7. The van der Waals surface area contributed by atoms with Gasteiger partial charge in [0.2, 0.25) is 5.89 Å². The fourth-order valence-corrected chi connectivity index (χ4v) is 3.97. The van der Waals surface area contributed by atoms with E-state index in [1.807, 2.05) is 66.1 Å². The fraction of sp³-hybridized carbons (Fsp3) is 0.273. The normalized spacial score (nSPS) is 12.1. The molecular formula is C22H23N5O2S. The lowest BCUT2D eigenvalue weighted by molar-refractivity contribution is 0.374. The van der Waals surface area contributed by atoms with E-state index < -0.39 is 0 Å². The summed E-state index contributed by atoms with van der Waals surface area (Å²) < 4.78 is 12.9. The maximum Gasteiger partial charge on any atom is 0.239 e. The highest BCUT2D eigenvalue weighted by atomic mass is 32.2. The smallest absolute Gasteiger partial charge is 0.239 e. The topological polar surface area (TPSA) is 78.9 Å². The maximum atomic E-state index is 5.46. The van der Waals surface area contributed by atoms with Gasteiger partial charge in [0, 0.05) is 17.7 Å². The first-order valence-electron chi connectivity index (χ1n) is 9.84. The van der Waals surface area contributed by atoms with E-state index in [1.165, 1.54) is 11.8 Å². The molecule has 0 radical (unpaired) electrons. The molecule has 2 heterocycles. The molecule has 4 rings (SSSR count). The molecule has 1 unspecified atom stereocenters. The summed E-state index contributed by atoms with van der Waals surface area (Å²) in [5.41, 5.74) is 1.90. The second-order valence-corrected chi connectivity index (χ2v) is 8.08. The number of nitrogens with zero attached hydrogens (tertiary/aromatic N) is 5. The van der Waals surface area contributed by atoms with Gasteiger partial charge in [0.25, 0.3) is 0 Å². The van der Waals surface area contributed by atoms with Crippen LogP contribution in [0.4, 0.5) is 0 Å². The molecule has 0 saturated carbocycles. The number of para-hydroxylation sites is 1. The Hall–Kier alpha value is -3.13. The molecule has 30 heavy (non-hydrogen) atoms. The third-order valence-electron chi connectivity index (χ3n) is 4.56. The Kier molecular flexibility index (Phi) is 6.13. The van der Waals surface area contributed by atoms with Crippen molar-refractivity contribution in [3.63, 3.8) is 0 Å². The van der Waals surface area contributed by atoms with Crippen LogP contribution in [0.3, 0.4) is 0 Å². The number of aromatic nitrogens is 5. The molecule has 0 amide bonds. The molecule has 0 aliphatic rings. The van der Waals surface area contributed by atoms with Crippen molar-refractivity contribution in [1.29, 1.82) is 0 Å². The largest absolute Gasteiger partial charge is 0.497 e. The van der Waals surface area contributed by atoms with Gasteiger partial charge in [-0.2, -0.15) is 4.98 Å². The minimum absolute atomic E-state index is 0.0621. The van der Waals surface area contributed by atoms with Crippen molar-refractivity contribution < 1.29 is 9.26 Å². The minimum Gasteiger partial charge on any atom is -0.497 e. The number of benzene rings is 2. The van der Waals surface area contributed by atoms with Gasteiger partial charge in [-0.1, -0.05) is 54.2 Å². The molecule has 0 fully saturated rings. The van der Waals surface area contributed by atoms with Gasteiger partial charge in [0.15, 0.2) is 16.8 Å². The summed E-state index contributed by atoms with van der Waals surface area (Å²) >= 11 is 1.54. The molecule has 154 valence electrons. The van der Waals surface area contributed by atoms with E-state index >= 15 is 0 Å². The third-order valence-corrected chi connectivity index (χ3v) is 5.59. The predicted molar refractivity (Wildman–Crippen MR) is 116 cm³/mol. The summed E-state index contributed by atoms with van der Waals surface area (Å²) in [6, 6.07) is 17.9. The summed E-state index contributed by atoms with van der Waals surface area (Å²) in [7, 11) is 1.65. The van der Waals surface area contributed by atoms with Crippen LogP contribution in [0, 0.1) is 0 Å². The molecule has 7 nitrogen and oxygen atoms in total. The number of methoxy groups -OCH3 is 1. The van der Waals surface area contributed by atoms with E-state index in [4.69, 9.17) is 9.26 Å². The molecule has 2 aromatic carbocycles. The van der Waals surface area contributed by atoms with Crippen molar-refractivity contribution in [3.8, 4) is 22.8 Å². The molecule has 0 N–H and O–H groups in total. The lowest BCUT2D eigenvalue weighted by Crippen LogP contribution is -2.01. The van der Waals surface area contributed by atoms with Crippen molar-refractivity contribution in [2.24, 2.45) is 0 Å². The summed E-state index contributed by atoms with van der Waals surface area (Å²) in [5, 5.41) is 13.7. The maximum absolute atomic E-state index is 5.46. The van der Waals surface area contributed by atoms with Crippen LogP contribution in [0.15, 0.2) is 64.3 Å². The molecule has 0 spiro atoms. The number of hydrogen-bond donors (Lipinski definition) is 0. The van der Waals surface area contributed by atoms with Gasteiger partial charge in [-0.25, -0.2) is 0 Å². The fourth-order valence-electron chi connectivity index (χ4n) is 3.07. The predicted octanol–water partition coefficient (Wildman–Crippen LogP) is 5.13. The van der Waals surface area contributed by atoms with Gasteiger partial charge in [-0.15, -0.1) is 10.2 Å². The average molecular weight is 422 g/mol. The number of aryl methyl sites for hydroxylation is 1. The molecular weight excluding hydrogens is 398 g/mol. The molecule has 0 bridgehead atoms. The zero-order chi connectivity index (χ0) is 20.9. The van der Waals surface area contributed by atoms with E-state index in [-0.39, 0.29) is 5.25 Å². The Morgan fingerprint density at radius 1 is 1.10 bits per heavy atom. The average Bonchev–Trinajstić information content (AvgIpc) is 3.42. The third kappa shape index (κ3) is 4.23. The number of rotatable bonds is 8. The highest BCUT2D eigenvalue weighted by Crippen LogP contribution is 2.36. The Morgan fingerprint density at radius 2 is 1.93 bits per heavy atom. The van der Waals surface area contributed by atoms with Crippen LogP contribution < -0.4 is 4.74 Å². The minimum atomic E-state index is -0.0621. The van der Waals surface area contributed by atoms with Gasteiger partial charge in [-0.3, -0.25) is 4.57 Å². The van der Waals surface area contributed by atoms with Crippen LogP contribution in [0.25, 0.3) is 17.1 Å². The summed E-state index contributed by atoms with van der Waals surface area (Å²) in [5.74, 6) is 2.84. The number of ether oxygens (including phenoxy) is 1. The number of hydrogen-bond acceptors (Lipinski definition) is 7. The van der Waals surface area contributed by atoms with Crippen LogP contribution in [-0.4, -0.2) is 32.0 Å². The lowest BCUT2D eigenvalue weighted by Gasteiger charge is -2.12. The van der Waals surface area contributed by atoms with E-state index in [0.717, 1.165) is 46.6 Å². The second-order valence-electron chi connectivity index (χ2n) is 6.77. The molecule has 0 aliphatic heterocycles. The molecule has 0 aliphatic carbocycles. The highest BCUT2D eigenvalue weighted by molar-refractivity contribution is 7.99. The Bertz CT molecular complexity index is 1110. The quantitative estimate of drug-likeness (QED) is 0.365. The summed E-state index contributed by atoms with van der Waals surface area (Å²) in [6.45, 7) is 4.12. The zero-order valence-corrected chi connectivity index (χ0v) is 18.0. The molecule has 8 heteroatoms. The first kappa shape index (κ1) is 20.2. The summed E-state index contributed by atoms with van der Waals surface area (Å²) in [6.07, 6.45) is 1.79. The Morgan fingerprint density at radius 3 is 2.70 bits per heavy atom. The van der Waals surface area contributed by atoms with E-state index in [0.29, 0.717) is 5.89 Å². The standard InChI is InChI=1S/C22H23N5O2S/c1-4-9-19-23-21(29-26-19)15(2)30-22-25-24-20(16-10-8-13-18(14-16)28-3)27(22)17-11-6-5-7-12-17/h5-8,10-15H,4,9H2,1-3H3. The van der Waals surface area contributed by atoms with Gasteiger partial charge >= 0.3 is 0 Å². The monoisotopic (exact) mass is 421 g/mol. The van der Waals surface area contributed by atoms with Crippen molar-refractivity contribution in [3.05, 3.63) is 66.3 Å². The summed E-state index contributed by atoms with van der Waals surface area (Å²) in [4.78, 5) is 4.51.